The van der Waals surface area contributed by atoms with Gasteiger partial charge >= 0.3 is 0 Å². The van der Waals surface area contributed by atoms with E-state index in [1.165, 1.54) is 29.5 Å². The number of hydrogen-bond donors (Lipinski definition) is 2. The van der Waals surface area contributed by atoms with Crippen molar-refractivity contribution >= 4 is 45.2 Å². The van der Waals surface area contributed by atoms with Crippen molar-refractivity contribution in [2.75, 3.05) is 5.32 Å². The van der Waals surface area contributed by atoms with Crippen LogP contribution in [-0.4, -0.2) is 30.8 Å². The SMILES string of the molecule is Cc1cc(-c2nn3c(C)nnc3s2)ccc1NC(=S)NC(=O)c1ccccc1F. The van der Waals surface area contributed by atoms with Gasteiger partial charge in [-0.25, -0.2) is 4.39 Å². The van der Waals surface area contributed by atoms with Crippen LogP contribution < -0.4 is 10.6 Å². The molecular formula is C19H15FN6OS2. The van der Waals surface area contributed by atoms with Crippen LogP contribution in [0.3, 0.4) is 0 Å². The summed E-state index contributed by atoms with van der Waals surface area (Å²) in [7, 11) is 0. The van der Waals surface area contributed by atoms with E-state index in [9.17, 15) is 9.18 Å². The lowest BCUT2D eigenvalue weighted by atomic mass is 10.1. The largest absolute Gasteiger partial charge is 0.332 e. The highest BCUT2D eigenvalue weighted by molar-refractivity contribution is 7.80. The Kier molecular flexibility index (Phi) is 5.03. The smallest absolute Gasteiger partial charge is 0.260 e. The average Bonchev–Trinajstić information content (AvgIpc) is 3.26. The maximum Gasteiger partial charge on any atom is 0.260 e. The molecule has 2 aromatic heterocycles. The highest BCUT2D eigenvalue weighted by Gasteiger charge is 2.14. The number of fused-ring (bicyclic) bond motifs is 1. The van der Waals surface area contributed by atoms with Crippen LogP contribution in [0.1, 0.15) is 21.7 Å². The molecule has 0 saturated heterocycles. The second-order valence-electron chi connectivity index (χ2n) is 6.27. The van der Waals surface area contributed by atoms with Crippen LogP contribution in [0, 0.1) is 19.7 Å². The first-order valence-electron chi connectivity index (χ1n) is 8.59. The molecule has 0 aliphatic carbocycles. The van der Waals surface area contributed by atoms with Crippen LogP contribution in [0.5, 0.6) is 0 Å². The molecule has 0 fully saturated rings. The number of carbonyl (C=O) groups is 1. The first-order chi connectivity index (χ1) is 13.9. The molecule has 0 saturated carbocycles. The first-order valence-corrected chi connectivity index (χ1v) is 9.81. The summed E-state index contributed by atoms with van der Waals surface area (Å²) >= 11 is 6.64. The van der Waals surface area contributed by atoms with Gasteiger partial charge in [-0.2, -0.15) is 9.61 Å². The van der Waals surface area contributed by atoms with Crippen molar-refractivity contribution in [3.8, 4) is 10.6 Å². The minimum Gasteiger partial charge on any atom is -0.332 e. The lowest BCUT2D eigenvalue weighted by molar-refractivity contribution is 0.0974. The molecule has 146 valence electrons. The zero-order valence-corrected chi connectivity index (χ0v) is 17.1. The molecule has 10 heteroatoms. The quantitative estimate of drug-likeness (QED) is 0.486. The number of benzene rings is 2. The molecule has 0 radical (unpaired) electrons. The molecule has 1 amide bonds. The van der Waals surface area contributed by atoms with Crippen molar-refractivity contribution in [2.45, 2.75) is 13.8 Å². The summed E-state index contributed by atoms with van der Waals surface area (Å²) in [6, 6.07) is 11.4. The topological polar surface area (TPSA) is 84.2 Å². The molecule has 7 nitrogen and oxygen atoms in total. The first kappa shape index (κ1) is 19.1. The van der Waals surface area contributed by atoms with Crippen LogP contribution in [0.15, 0.2) is 42.5 Å². The number of carbonyl (C=O) groups excluding carboxylic acids is 1. The van der Waals surface area contributed by atoms with Crippen molar-refractivity contribution in [1.29, 1.82) is 0 Å². The van der Waals surface area contributed by atoms with Crippen LogP contribution in [-0.2, 0) is 0 Å². The maximum atomic E-state index is 13.7. The number of anilines is 1. The molecule has 2 heterocycles. The Morgan fingerprint density at radius 3 is 2.69 bits per heavy atom. The van der Waals surface area contributed by atoms with E-state index in [-0.39, 0.29) is 10.7 Å². The minimum absolute atomic E-state index is 0.0673. The van der Waals surface area contributed by atoms with Crippen LogP contribution in [0.4, 0.5) is 10.1 Å². The van der Waals surface area contributed by atoms with E-state index >= 15 is 0 Å². The summed E-state index contributed by atoms with van der Waals surface area (Å²) in [6.45, 7) is 3.76. The lowest BCUT2D eigenvalue weighted by Crippen LogP contribution is -2.34. The predicted octanol–water partition coefficient (Wildman–Crippen LogP) is 3.74. The third-order valence-electron chi connectivity index (χ3n) is 4.21. The number of halogens is 1. The van der Waals surface area contributed by atoms with Gasteiger partial charge in [-0.1, -0.05) is 23.5 Å². The number of amides is 1. The van der Waals surface area contributed by atoms with E-state index in [4.69, 9.17) is 12.2 Å². The molecule has 0 aliphatic heterocycles. The summed E-state index contributed by atoms with van der Waals surface area (Å²) in [4.78, 5) is 12.9. The van der Waals surface area contributed by atoms with Gasteiger partial charge in [0.25, 0.3) is 5.91 Å². The molecule has 0 aliphatic rings. The van der Waals surface area contributed by atoms with Gasteiger partial charge in [-0.15, -0.1) is 10.2 Å². The number of aryl methyl sites for hydroxylation is 2. The molecule has 4 rings (SSSR count). The standard InChI is InChI=1S/C19H15FN6OS2/c1-10-9-12(17-25-26-11(2)23-24-19(26)29-17)7-8-15(10)21-18(28)22-16(27)13-5-3-4-6-14(13)20/h3-9H,1-2H3,(H2,21,22,27,28). The summed E-state index contributed by atoms with van der Waals surface area (Å²) in [5, 5.41) is 19.0. The van der Waals surface area contributed by atoms with Gasteiger partial charge < -0.3 is 5.32 Å². The van der Waals surface area contributed by atoms with Crippen molar-refractivity contribution in [2.24, 2.45) is 0 Å². The normalized spacial score (nSPS) is 10.9. The molecule has 0 unspecified atom stereocenters. The number of thiocarbonyl (C=S) groups is 1. The highest BCUT2D eigenvalue weighted by Crippen LogP contribution is 2.28. The van der Waals surface area contributed by atoms with E-state index in [1.807, 2.05) is 32.0 Å². The number of hydrogen-bond acceptors (Lipinski definition) is 6. The van der Waals surface area contributed by atoms with Gasteiger partial charge in [0.15, 0.2) is 10.9 Å². The summed E-state index contributed by atoms with van der Waals surface area (Å²) in [5.41, 5.74) is 2.51. The fourth-order valence-electron chi connectivity index (χ4n) is 2.74. The van der Waals surface area contributed by atoms with Gasteiger partial charge in [-0.05, 0) is 62.0 Å². The number of rotatable bonds is 3. The Bertz CT molecular complexity index is 1250. The third kappa shape index (κ3) is 3.84. The van der Waals surface area contributed by atoms with Gasteiger partial charge in [0.1, 0.15) is 10.8 Å². The van der Waals surface area contributed by atoms with Crippen molar-refractivity contribution < 1.29 is 9.18 Å². The molecular weight excluding hydrogens is 411 g/mol. The second kappa shape index (κ2) is 7.64. The molecule has 0 bridgehead atoms. The zero-order valence-electron chi connectivity index (χ0n) is 15.4. The Morgan fingerprint density at radius 2 is 1.97 bits per heavy atom. The number of nitrogens with zero attached hydrogens (tertiary/aromatic N) is 4. The summed E-state index contributed by atoms with van der Waals surface area (Å²) < 4.78 is 15.4. The van der Waals surface area contributed by atoms with Crippen molar-refractivity contribution in [1.82, 2.24) is 25.1 Å². The third-order valence-corrected chi connectivity index (χ3v) is 5.37. The molecule has 2 N–H and O–H groups in total. The molecule has 29 heavy (non-hydrogen) atoms. The van der Waals surface area contributed by atoms with E-state index < -0.39 is 11.7 Å². The fraction of sp³-hybridized carbons (Fsp3) is 0.105. The predicted molar refractivity (Wildman–Crippen MR) is 114 cm³/mol. The van der Waals surface area contributed by atoms with Gasteiger partial charge in [0.05, 0.1) is 5.56 Å². The van der Waals surface area contributed by atoms with Gasteiger partial charge in [-0.3, -0.25) is 10.1 Å². The number of aromatic nitrogens is 4. The van der Waals surface area contributed by atoms with E-state index in [1.54, 1.807) is 10.6 Å². The Hall–Kier alpha value is -3.24. The van der Waals surface area contributed by atoms with Gasteiger partial charge in [0, 0.05) is 11.3 Å². The maximum absolute atomic E-state index is 13.7. The summed E-state index contributed by atoms with van der Waals surface area (Å²) in [6.07, 6.45) is 0. The average molecular weight is 427 g/mol. The molecule has 0 atom stereocenters. The zero-order chi connectivity index (χ0) is 20.5. The van der Waals surface area contributed by atoms with Crippen molar-refractivity contribution in [3.63, 3.8) is 0 Å². The van der Waals surface area contributed by atoms with Crippen molar-refractivity contribution in [3.05, 3.63) is 65.2 Å². The fourth-order valence-corrected chi connectivity index (χ4v) is 3.82. The lowest BCUT2D eigenvalue weighted by Gasteiger charge is -2.12. The Morgan fingerprint density at radius 1 is 1.17 bits per heavy atom. The monoisotopic (exact) mass is 426 g/mol. The number of nitrogens with one attached hydrogen (secondary N) is 2. The highest BCUT2D eigenvalue weighted by atomic mass is 32.1. The molecule has 0 spiro atoms. The Balaban J connectivity index is 1.48. The van der Waals surface area contributed by atoms with E-state index in [0.29, 0.717) is 0 Å². The Labute approximate surface area is 174 Å². The van der Waals surface area contributed by atoms with Gasteiger partial charge in [0.2, 0.25) is 4.96 Å². The molecule has 4 aromatic rings. The summed E-state index contributed by atoms with van der Waals surface area (Å²) in [5.74, 6) is -0.480. The minimum atomic E-state index is -0.606. The van der Waals surface area contributed by atoms with E-state index in [2.05, 4.69) is 25.9 Å². The molecule has 2 aromatic carbocycles. The second-order valence-corrected chi connectivity index (χ2v) is 7.63. The van der Waals surface area contributed by atoms with E-state index in [0.717, 1.165) is 32.6 Å². The van der Waals surface area contributed by atoms with Crippen LogP contribution in [0.25, 0.3) is 15.5 Å². The van der Waals surface area contributed by atoms with Crippen LogP contribution >= 0.6 is 23.6 Å². The van der Waals surface area contributed by atoms with Crippen LogP contribution in [0.2, 0.25) is 0 Å².